The van der Waals surface area contributed by atoms with E-state index >= 15 is 0 Å². The Morgan fingerprint density at radius 1 is 1.41 bits per heavy atom. The van der Waals surface area contributed by atoms with Crippen molar-refractivity contribution >= 4 is 11.6 Å². The molecule has 0 unspecified atom stereocenters. The van der Waals surface area contributed by atoms with Gasteiger partial charge in [0.15, 0.2) is 0 Å². The Kier molecular flexibility index (Phi) is 4.62. The lowest BCUT2D eigenvalue weighted by molar-refractivity contribution is -0.137. The van der Waals surface area contributed by atoms with Crippen LogP contribution in [0.2, 0.25) is 5.02 Å². The van der Waals surface area contributed by atoms with E-state index in [1.54, 1.807) is 0 Å². The Bertz CT molecular complexity index is 384. The smallest absolute Gasteiger partial charge is 0.417 e. The number of ether oxygens (including phenoxy) is 1. The van der Waals surface area contributed by atoms with Crippen molar-refractivity contribution in [1.82, 2.24) is 0 Å². The monoisotopic (exact) mass is 269 g/mol. The van der Waals surface area contributed by atoms with Crippen LogP contribution in [0.25, 0.3) is 0 Å². The number of hydrogen-bond acceptors (Lipinski definition) is 3. The average molecular weight is 270 g/mol. The van der Waals surface area contributed by atoms with Crippen LogP contribution in [0, 0.1) is 0 Å². The van der Waals surface area contributed by atoms with Gasteiger partial charge in [-0.2, -0.15) is 13.2 Å². The quantitative estimate of drug-likeness (QED) is 0.880. The van der Waals surface area contributed by atoms with Crippen molar-refractivity contribution in [1.29, 1.82) is 0 Å². The summed E-state index contributed by atoms with van der Waals surface area (Å²) < 4.78 is 42.4. The van der Waals surface area contributed by atoms with Gasteiger partial charge < -0.3 is 15.6 Å². The molecule has 17 heavy (non-hydrogen) atoms. The van der Waals surface area contributed by atoms with Crippen molar-refractivity contribution in [2.75, 3.05) is 13.2 Å². The highest BCUT2D eigenvalue weighted by Gasteiger charge is 2.34. The van der Waals surface area contributed by atoms with Crippen molar-refractivity contribution < 1.29 is 23.0 Å². The zero-order valence-corrected chi connectivity index (χ0v) is 9.42. The van der Waals surface area contributed by atoms with Gasteiger partial charge in [0.2, 0.25) is 0 Å². The third-order valence-corrected chi connectivity index (χ3v) is 2.36. The first-order valence-electron chi connectivity index (χ1n) is 4.73. The Balaban J connectivity index is 2.88. The molecule has 0 radical (unpaired) electrons. The van der Waals surface area contributed by atoms with Gasteiger partial charge >= 0.3 is 6.18 Å². The van der Waals surface area contributed by atoms with Crippen LogP contribution in [0.4, 0.5) is 13.2 Å². The van der Waals surface area contributed by atoms with E-state index in [0.717, 1.165) is 6.07 Å². The van der Waals surface area contributed by atoms with Crippen molar-refractivity contribution in [2.45, 2.75) is 12.3 Å². The lowest BCUT2D eigenvalue weighted by Crippen LogP contribution is -2.26. The molecule has 7 heteroatoms. The zero-order chi connectivity index (χ0) is 13.1. The highest BCUT2D eigenvalue weighted by atomic mass is 35.5. The molecular weight excluding hydrogens is 259 g/mol. The van der Waals surface area contributed by atoms with Crippen LogP contribution in [0.1, 0.15) is 5.56 Å². The maximum atomic E-state index is 12.5. The molecule has 96 valence electrons. The lowest BCUT2D eigenvalue weighted by atomic mass is 10.2. The Morgan fingerprint density at radius 3 is 2.59 bits per heavy atom. The second-order valence-corrected chi connectivity index (χ2v) is 3.69. The zero-order valence-electron chi connectivity index (χ0n) is 8.67. The van der Waals surface area contributed by atoms with Gasteiger partial charge in [0.05, 0.1) is 10.6 Å². The molecule has 1 rings (SSSR count). The summed E-state index contributed by atoms with van der Waals surface area (Å²) in [5.74, 6) is -0.131. The predicted octanol–water partition coefficient (Wildman–Crippen LogP) is 2.06. The number of aliphatic hydroxyl groups excluding tert-OH is 1. The largest absolute Gasteiger partial charge is 0.489 e. The summed E-state index contributed by atoms with van der Waals surface area (Å²) in [6.45, 7) is -0.256. The van der Waals surface area contributed by atoms with Crippen molar-refractivity contribution in [3.8, 4) is 5.75 Å². The van der Waals surface area contributed by atoms with Gasteiger partial charge in [0, 0.05) is 6.54 Å². The molecule has 3 N–H and O–H groups in total. The van der Waals surface area contributed by atoms with Gasteiger partial charge in [0.25, 0.3) is 0 Å². The summed E-state index contributed by atoms with van der Waals surface area (Å²) in [4.78, 5) is 0. The number of alkyl halides is 3. The van der Waals surface area contributed by atoms with Crippen LogP contribution in [-0.2, 0) is 6.18 Å². The number of benzene rings is 1. The van der Waals surface area contributed by atoms with Crippen LogP contribution < -0.4 is 10.5 Å². The van der Waals surface area contributed by atoms with Crippen LogP contribution in [-0.4, -0.2) is 24.4 Å². The maximum absolute atomic E-state index is 12.5. The number of aliphatic hydroxyl groups is 1. The van der Waals surface area contributed by atoms with Gasteiger partial charge in [0.1, 0.15) is 18.5 Å². The fourth-order valence-corrected chi connectivity index (χ4v) is 1.38. The molecule has 1 aromatic carbocycles. The average Bonchev–Trinajstić information content (AvgIpc) is 2.25. The van der Waals surface area contributed by atoms with Crippen molar-refractivity contribution in [3.63, 3.8) is 0 Å². The normalized spacial score (nSPS) is 13.5. The molecule has 0 saturated heterocycles. The SMILES string of the molecule is NC[C@@H](O)COc1cccc(C(F)(F)F)c1Cl. The van der Waals surface area contributed by atoms with E-state index in [-0.39, 0.29) is 18.9 Å². The molecule has 0 amide bonds. The molecule has 0 heterocycles. The Morgan fingerprint density at radius 2 is 2.06 bits per heavy atom. The summed E-state index contributed by atoms with van der Waals surface area (Å²) in [5.41, 5.74) is 4.16. The van der Waals surface area contributed by atoms with Gasteiger partial charge in [-0.15, -0.1) is 0 Å². The van der Waals surface area contributed by atoms with E-state index < -0.39 is 22.9 Å². The molecule has 0 aromatic heterocycles. The summed E-state index contributed by atoms with van der Waals surface area (Å²) >= 11 is 5.56. The molecule has 1 atom stereocenters. The van der Waals surface area contributed by atoms with Crippen molar-refractivity contribution in [3.05, 3.63) is 28.8 Å². The van der Waals surface area contributed by atoms with Gasteiger partial charge in [-0.25, -0.2) is 0 Å². The number of hydrogen-bond donors (Lipinski definition) is 2. The minimum atomic E-state index is -4.54. The minimum Gasteiger partial charge on any atom is -0.489 e. The second kappa shape index (κ2) is 5.57. The van der Waals surface area contributed by atoms with Crippen LogP contribution in [0.15, 0.2) is 18.2 Å². The molecule has 3 nitrogen and oxygen atoms in total. The maximum Gasteiger partial charge on any atom is 0.417 e. The van der Waals surface area contributed by atoms with E-state index in [0.29, 0.717) is 0 Å². The van der Waals surface area contributed by atoms with Crippen LogP contribution >= 0.6 is 11.6 Å². The first kappa shape index (κ1) is 14.1. The highest BCUT2D eigenvalue weighted by Crippen LogP contribution is 2.39. The Hall–Kier alpha value is -0.980. The minimum absolute atomic E-state index is 0.0451. The summed E-state index contributed by atoms with van der Waals surface area (Å²) in [6, 6.07) is 3.33. The molecule has 0 aliphatic heterocycles. The first-order chi connectivity index (χ1) is 7.86. The molecule has 0 aliphatic carbocycles. The van der Waals surface area contributed by atoms with Crippen LogP contribution in [0.3, 0.4) is 0 Å². The number of halogens is 4. The summed E-state index contributed by atoms with van der Waals surface area (Å²) in [7, 11) is 0. The number of rotatable bonds is 4. The van der Waals surface area contributed by atoms with Crippen LogP contribution in [0.5, 0.6) is 5.75 Å². The van der Waals surface area contributed by atoms with Crippen molar-refractivity contribution in [2.24, 2.45) is 5.73 Å². The van der Waals surface area contributed by atoms with E-state index in [4.69, 9.17) is 27.2 Å². The third-order valence-electron chi connectivity index (χ3n) is 1.97. The molecule has 0 bridgehead atoms. The van der Waals surface area contributed by atoms with Gasteiger partial charge in [-0.3, -0.25) is 0 Å². The van der Waals surface area contributed by atoms with E-state index in [9.17, 15) is 13.2 Å². The molecule has 1 aromatic rings. The molecular formula is C10H11ClF3NO2. The van der Waals surface area contributed by atoms with Gasteiger partial charge in [-0.1, -0.05) is 17.7 Å². The fraction of sp³-hybridized carbons (Fsp3) is 0.400. The van der Waals surface area contributed by atoms with E-state index in [2.05, 4.69) is 0 Å². The summed E-state index contributed by atoms with van der Waals surface area (Å²) in [5, 5.41) is 8.60. The van der Waals surface area contributed by atoms with E-state index in [1.165, 1.54) is 12.1 Å². The second-order valence-electron chi connectivity index (χ2n) is 3.32. The van der Waals surface area contributed by atoms with E-state index in [1.807, 2.05) is 0 Å². The molecule has 0 spiro atoms. The van der Waals surface area contributed by atoms with Gasteiger partial charge in [-0.05, 0) is 12.1 Å². The fourth-order valence-electron chi connectivity index (χ4n) is 1.10. The summed E-state index contributed by atoms with van der Waals surface area (Å²) in [6.07, 6.45) is -5.48. The lowest BCUT2D eigenvalue weighted by Gasteiger charge is -2.14. The third kappa shape index (κ3) is 3.76. The molecule has 0 aliphatic rings. The predicted molar refractivity (Wildman–Crippen MR) is 57.0 cm³/mol. The standard InChI is InChI=1S/C10H11ClF3NO2/c11-9-7(10(12,13)14)2-1-3-8(9)17-5-6(16)4-15/h1-3,6,16H,4-5,15H2/t6-/m1/s1. The number of nitrogens with two attached hydrogens (primary N) is 1. The topological polar surface area (TPSA) is 55.5 Å². The Labute approximate surface area is 101 Å². The highest BCUT2D eigenvalue weighted by molar-refractivity contribution is 6.32. The molecule has 0 saturated carbocycles. The molecule has 0 fully saturated rings. The first-order valence-corrected chi connectivity index (χ1v) is 5.10.